The van der Waals surface area contributed by atoms with Crippen LogP contribution in [0, 0.1) is 0 Å². The van der Waals surface area contributed by atoms with Gasteiger partial charge in [-0.1, -0.05) is 67.1 Å². The van der Waals surface area contributed by atoms with Gasteiger partial charge in [0.1, 0.15) is 31.5 Å². The average Bonchev–Trinajstić information content (AvgIpc) is 3.43. The van der Waals surface area contributed by atoms with Gasteiger partial charge >= 0.3 is 41.8 Å². The number of hydrogen-bond acceptors (Lipinski definition) is 19. The molecule has 3 aliphatic heterocycles. The van der Waals surface area contributed by atoms with E-state index in [0.717, 1.165) is 71.3 Å². The van der Waals surface area contributed by atoms with Crippen LogP contribution in [0.25, 0.3) is 0 Å². The molecular formula is C43H54O19Si. The van der Waals surface area contributed by atoms with Crippen LogP contribution in [0.4, 0.5) is 0 Å². The smallest absolute Gasteiger partial charge is 0.303 e. The summed E-state index contributed by atoms with van der Waals surface area (Å²) in [6.45, 7) is 6.50. The molecule has 2 aromatic carbocycles. The summed E-state index contributed by atoms with van der Waals surface area (Å²) in [5.41, 5.74) is 0. The number of carbonyl (C=O) groups excluding carboxylic acids is 7. The minimum Gasteiger partial charge on any atom is -0.463 e. The quantitative estimate of drug-likeness (QED) is 0.141. The van der Waals surface area contributed by atoms with Gasteiger partial charge in [0.15, 0.2) is 43.1 Å². The maximum absolute atomic E-state index is 13.0. The van der Waals surface area contributed by atoms with Crippen LogP contribution >= 0.6 is 0 Å². The number of carbonyl (C=O) groups is 7. The molecule has 0 amide bonds. The molecule has 63 heavy (non-hydrogen) atoms. The first-order valence-corrected chi connectivity index (χ1v) is 22.6. The van der Waals surface area contributed by atoms with Gasteiger partial charge in [-0.15, -0.1) is 0 Å². The molecule has 3 saturated heterocycles. The Morgan fingerprint density at radius 2 is 0.889 bits per heavy atom. The summed E-state index contributed by atoms with van der Waals surface area (Å²) in [5, 5.41) is 1.99. The van der Waals surface area contributed by atoms with Gasteiger partial charge in [-0.05, 0) is 29.3 Å². The summed E-state index contributed by atoms with van der Waals surface area (Å²) in [5.74, 6) is -5.85. The van der Waals surface area contributed by atoms with Gasteiger partial charge in [0.25, 0.3) is 8.32 Å². The fourth-order valence-electron chi connectivity index (χ4n) is 7.86. The molecule has 0 spiro atoms. The van der Waals surface area contributed by atoms with Crippen molar-refractivity contribution in [3.8, 4) is 0 Å². The van der Waals surface area contributed by atoms with Crippen LogP contribution in [0.2, 0.25) is 6.04 Å². The fraction of sp³-hybridized carbons (Fsp3) is 0.558. The fourth-order valence-corrected chi connectivity index (χ4v) is 12.0. The Hall–Kier alpha value is -5.25. The molecule has 0 aliphatic carbocycles. The summed E-state index contributed by atoms with van der Waals surface area (Å²) in [6.07, 6.45) is -15.0. The second-order valence-electron chi connectivity index (χ2n) is 15.2. The predicted octanol–water partition coefficient (Wildman–Crippen LogP) is 1.91. The molecule has 19 nitrogen and oxygen atoms in total. The Morgan fingerprint density at radius 3 is 1.33 bits per heavy atom. The third-order valence-electron chi connectivity index (χ3n) is 10.2. The largest absolute Gasteiger partial charge is 0.463 e. The van der Waals surface area contributed by atoms with E-state index < -0.39 is 131 Å². The molecule has 0 aromatic heterocycles. The van der Waals surface area contributed by atoms with E-state index >= 15 is 0 Å². The standard InChI is InChI=1S/C43H54O19Si/c1-24(44)51-22-33-36(53-26(3)46)38(54-27(4)47)41(57-30(7)50)43(59-33)61-37-34(23-52-25(2)45)58-42(40(56-29(6)49)39(37)55-28(5)48)60-35-20-14-15-21-63(62-35,31-16-10-8-11-17-31)32-18-12-9-13-19-32/h8-13,16-19,33-43H,14-15,20-23H2,1-7H3. The van der Waals surface area contributed by atoms with Gasteiger partial charge < -0.3 is 56.5 Å². The minimum atomic E-state index is -3.02. The lowest BCUT2D eigenvalue weighted by molar-refractivity contribution is -0.370. The summed E-state index contributed by atoms with van der Waals surface area (Å²) in [6, 6.07) is 20.4. The lowest BCUT2D eigenvalue weighted by Crippen LogP contribution is -2.67. The molecule has 344 valence electrons. The lowest BCUT2D eigenvalue weighted by Gasteiger charge is -2.49. The maximum Gasteiger partial charge on any atom is 0.303 e. The van der Waals surface area contributed by atoms with E-state index in [4.69, 9.17) is 56.5 Å². The molecule has 3 fully saturated rings. The van der Waals surface area contributed by atoms with E-state index in [1.807, 2.05) is 60.7 Å². The van der Waals surface area contributed by atoms with Crippen LogP contribution in [0.15, 0.2) is 60.7 Å². The molecule has 20 heteroatoms. The van der Waals surface area contributed by atoms with Gasteiger partial charge in [0.05, 0.1) is 0 Å². The highest BCUT2D eigenvalue weighted by Gasteiger charge is 2.58. The van der Waals surface area contributed by atoms with Crippen LogP contribution < -0.4 is 10.4 Å². The van der Waals surface area contributed by atoms with E-state index in [9.17, 15) is 33.6 Å². The van der Waals surface area contributed by atoms with E-state index in [1.54, 1.807) is 0 Å². The summed E-state index contributed by atoms with van der Waals surface area (Å²) in [7, 11) is -3.02. The highest BCUT2D eigenvalue weighted by atomic mass is 28.4. The van der Waals surface area contributed by atoms with Crippen LogP contribution in [-0.2, 0) is 90.1 Å². The van der Waals surface area contributed by atoms with Crippen molar-refractivity contribution in [2.24, 2.45) is 0 Å². The van der Waals surface area contributed by atoms with Crippen molar-refractivity contribution in [2.75, 3.05) is 13.2 Å². The number of hydrogen-bond donors (Lipinski definition) is 0. The van der Waals surface area contributed by atoms with Crippen molar-refractivity contribution in [1.82, 2.24) is 0 Å². The zero-order valence-corrected chi connectivity index (χ0v) is 37.1. The lowest BCUT2D eigenvalue weighted by atomic mass is 9.96. The number of esters is 7. The van der Waals surface area contributed by atoms with Crippen molar-refractivity contribution in [2.45, 2.75) is 141 Å². The van der Waals surface area contributed by atoms with Crippen LogP contribution in [-0.4, -0.2) is 131 Å². The monoisotopic (exact) mass is 902 g/mol. The summed E-state index contributed by atoms with van der Waals surface area (Å²) < 4.78 is 71.8. The molecule has 0 bridgehead atoms. The topological polar surface area (TPSA) is 230 Å². The molecule has 2 aromatic rings. The first-order chi connectivity index (χ1) is 30.0. The van der Waals surface area contributed by atoms with Crippen molar-refractivity contribution < 1.29 is 90.1 Å². The zero-order valence-electron chi connectivity index (χ0n) is 36.1. The molecule has 5 rings (SSSR count). The van der Waals surface area contributed by atoms with Crippen LogP contribution in [0.1, 0.15) is 67.7 Å². The van der Waals surface area contributed by atoms with Gasteiger partial charge in [-0.3, -0.25) is 33.6 Å². The van der Waals surface area contributed by atoms with Crippen molar-refractivity contribution in [3.63, 3.8) is 0 Å². The van der Waals surface area contributed by atoms with Crippen LogP contribution in [0.5, 0.6) is 0 Å². The Balaban J connectivity index is 1.58. The van der Waals surface area contributed by atoms with E-state index in [0.29, 0.717) is 12.8 Å². The van der Waals surface area contributed by atoms with Gasteiger partial charge in [0.2, 0.25) is 6.29 Å². The molecular weight excluding hydrogens is 849 g/mol. The summed E-state index contributed by atoms with van der Waals surface area (Å²) in [4.78, 5) is 87.6. The first-order valence-electron chi connectivity index (χ1n) is 20.5. The molecule has 0 N–H and O–H groups in total. The number of ether oxygens (including phenoxy) is 11. The minimum absolute atomic E-state index is 0.387. The third kappa shape index (κ3) is 13.1. The van der Waals surface area contributed by atoms with Gasteiger partial charge in [0, 0.05) is 48.5 Å². The number of rotatable bonds is 15. The Morgan fingerprint density at radius 1 is 0.492 bits per heavy atom. The zero-order chi connectivity index (χ0) is 45.8. The van der Waals surface area contributed by atoms with Gasteiger partial charge in [-0.25, -0.2) is 0 Å². The normalized spacial score (nSPS) is 29.1. The SMILES string of the molecule is CC(=O)OCC1OC(OC2C(COC(C)=O)OC(OC3CCCC[Si](c4ccccc4)(c4ccccc4)O3)C(OC(C)=O)C2OC(C)=O)C(OC(C)=O)C(OC(C)=O)C1OC(C)=O. The average molecular weight is 903 g/mol. The van der Waals surface area contributed by atoms with E-state index in [1.165, 1.54) is 0 Å². The van der Waals surface area contributed by atoms with Crippen molar-refractivity contribution >= 4 is 60.5 Å². The van der Waals surface area contributed by atoms with Crippen molar-refractivity contribution in [1.29, 1.82) is 0 Å². The van der Waals surface area contributed by atoms with E-state index in [2.05, 4.69) is 0 Å². The second kappa shape index (κ2) is 22.4. The van der Waals surface area contributed by atoms with Gasteiger partial charge in [-0.2, -0.15) is 0 Å². The molecule has 0 radical (unpaired) electrons. The second-order valence-corrected chi connectivity index (χ2v) is 18.7. The molecule has 3 heterocycles. The maximum atomic E-state index is 13.0. The third-order valence-corrected chi connectivity index (χ3v) is 14.5. The summed E-state index contributed by atoms with van der Waals surface area (Å²) >= 11 is 0. The van der Waals surface area contributed by atoms with Crippen LogP contribution in [0.3, 0.4) is 0 Å². The Bertz CT molecular complexity index is 1870. The highest BCUT2D eigenvalue weighted by Crippen LogP contribution is 2.37. The highest BCUT2D eigenvalue weighted by molar-refractivity contribution is 6.97. The Labute approximate surface area is 365 Å². The van der Waals surface area contributed by atoms with E-state index in [-0.39, 0.29) is 0 Å². The predicted molar refractivity (Wildman–Crippen MR) is 216 cm³/mol. The first kappa shape index (κ1) is 48.8. The molecule has 0 saturated carbocycles. The molecule has 11 atom stereocenters. The van der Waals surface area contributed by atoms with Crippen molar-refractivity contribution in [3.05, 3.63) is 60.7 Å². The Kier molecular flexibility index (Phi) is 17.3. The number of benzene rings is 2. The molecule has 11 unspecified atom stereocenters. The molecule has 3 aliphatic rings.